The van der Waals surface area contributed by atoms with Crippen molar-refractivity contribution >= 4 is 21.4 Å². The minimum atomic E-state index is 0.245. The average molecular weight is 203 g/mol. The van der Waals surface area contributed by atoms with Crippen LogP contribution in [0.3, 0.4) is 0 Å². The molecule has 1 aliphatic carbocycles. The van der Waals surface area contributed by atoms with Crippen LogP contribution in [0.15, 0.2) is 23.6 Å². The maximum absolute atomic E-state index is 6.17. The van der Waals surface area contributed by atoms with Gasteiger partial charge in [-0.25, -0.2) is 0 Å². The van der Waals surface area contributed by atoms with Gasteiger partial charge in [-0.1, -0.05) is 12.1 Å². The van der Waals surface area contributed by atoms with Crippen LogP contribution in [0.5, 0.6) is 0 Å². The summed E-state index contributed by atoms with van der Waals surface area (Å²) < 4.78 is 1.40. The number of aryl methyl sites for hydroxylation is 1. The van der Waals surface area contributed by atoms with Crippen LogP contribution in [0.4, 0.5) is 0 Å². The molecule has 0 spiro atoms. The molecule has 1 nitrogen and oxygen atoms in total. The molecule has 1 heterocycles. The van der Waals surface area contributed by atoms with E-state index in [1.807, 2.05) is 11.3 Å². The standard InChI is InChI=1S/C12H13NS/c13-10-5-1-3-8-7-14-11-6-2-4-9(10)12(8)11/h2,4,6-7,10H,1,3,5,13H2. The molecule has 2 N–H and O–H groups in total. The molecule has 0 aliphatic heterocycles. The maximum atomic E-state index is 6.17. The number of rotatable bonds is 0. The van der Waals surface area contributed by atoms with Crippen LogP contribution in [-0.4, -0.2) is 0 Å². The van der Waals surface area contributed by atoms with E-state index in [2.05, 4.69) is 23.6 Å². The summed E-state index contributed by atoms with van der Waals surface area (Å²) in [4.78, 5) is 0. The minimum absolute atomic E-state index is 0.245. The molecule has 0 radical (unpaired) electrons. The highest BCUT2D eigenvalue weighted by Crippen LogP contribution is 2.36. The molecule has 1 atom stereocenters. The number of benzene rings is 1. The van der Waals surface area contributed by atoms with E-state index in [9.17, 15) is 0 Å². The zero-order valence-corrected chi connectivity index (χ0v) is 8.81. The molecule has 0 amide bonds. The summed E-state index contributed by atoms with van der Waals surface area (Å²) in [5.41, 5.74) is 9.03. The first-order valence-corrected chi connectivity index (χ1v) is 5.99. The highest BCUT2D eigenvalue weighted by atomic mass is 32.1. The molecule has 0 saturated carbocycles. The third kappa shape index (κ3) is 1.11. The summed E-state index contributed by atoms with van der Waals surface area (Å²) in [6, 6.07) is 6.76. The molecule has 72 valence electrons. The molecule has 0 fully saturated rings. The molecular formula is C12H13NS. The van der Waals surface area contributed by atoms with Crippen molar-refractivity contribution in [3.63, 3.8) is 0 Å². The van der Waals surface area contributed by atoms with E-state index in [4.69, 9.17) is 5.73 Å². The van der Waals surface area contributed by atoms with Crippen molar-refractivity contribution in [2.75, 3.05) is 0 Å². The lowest BCUT2D eigenvalue weighted by Crippen LogP contribution is -2.08. The predicted molar refractivity (Wildman–Crippen MR) is 61.7 cm³/mol. The van der Waals surface area contributed by atoms with E-state index in [0.717, 1.165) is 6.42 Å². The minimum Gasteiger partial charge on any atom is -0.324 e. The maximum Gasteiger partial charge on any atom is 0.0348 e. The lowest BCUT2D eigenvalue weighted by molar-refractivity contribution is 0.626. The van der Waals surface area contributed by atoms with Gasteiger partial charge in [-0.3, -0.25) is 0 Å². The van der Waals surface area contributed by atoms with Crippen LogP contribution in [0.1, 0.15) is 30.0 Å². The summed E-state index contributed by atoms with van der Waals surface area (Å²) in [6.45, 7) is 0. The topological polar surface area (TPSA) is 26.0 Å². The molecule has 1 aromatic heterocycles. The normalized spacial score (nSPS) is 21.1. The van der Waals surface area contributed by atoms with Gasteiger partial charge in [-0.15, -0.1) is 11.3 Å². The molecular weight excluding hydrogens is 190 g/mol. The van der Waals surface area contributed by atoms with E-state index in [0.29, 0.717) is 0 Å². The summed E-state index contributed by atoms with van der Waals surface area (Å²) >= 11 is 1.85. The van der Waals surface area contributed by atoms with E-state index in [-0.39, 0.29) is 6.04 Å². The van der Waals surface area contributed by atoms with E-state index in [1.54, 1.807) is 0 Å². The molecule has 2 aromatic rings. The van der Waals surface area contributed by atoms with Gasteiger partial charge in [-0.2, -0.15) is 0 Å². The largest absolute Gasteiger partial charge is 0.324 e. The number of hydrogen-bond donors (Lipinski definition) is 1. The van der Waals surface area contributed by atoms with Crippen molar-refractivity contribution in [1.82, 2.24) is 0 Å². The Kier molecular flexibility index (Phi) is 1.85. The molecule has 1 aliphatic rings. The van der Waals surface area contributed by atoms with Gasteiger partial charge in [0.15, 0.2) is 0 Å². The van der Waals surface area contributed by atoms with Crippen molar-refractivity contribution < 1.29 is 0 Å². The Labute approximate surface area is 87.5 Å². The third-order valence-corrected chi connectivity index (χ3v) is 4.06. The van der Waals surface area contributed by atoms with Gasteiger partial charge >= 0.3 is 0 Å². The van der Waals surface area contributed by atoms with Crippen LogP contribution in [-0.2, 0) is 6.42 Å². The number of nitrogens with two attached hydrogens (primary N) is 1. The zero-order chi connectivity index (χ0) is 9.54. The molecule has 2 heteroatoms. The molecule has 3 rings (SSSR count). The van der Waals surface area contributed by atoms with Crippen LogP contribution in [0.2, 0.25) is 0 Å². The van der Waals surface area contributed by atoms with Gasteiger partial charge in [-0.05, 0) is 41.8 Å². The monoisotopic (exact) mass is 203 g/mol. The fourth-order valence-corrected chi connectivity index (χ4v) is 3.37. The third-order valence-electron chi connectivity index (χ3n) is 3.07. The quantitative estimate of drug-likeness (QED) is 0.699. The molecule has 1 unspecified atom stereocenters. The summed E-state index contributed by atoms with van der Waals surface area (Å²) in [7, 11) is 0. The highest BCUT2D eigenvalue weighted by Gasteiger charge is 2.17. The second kappa shape index (κ2) is 3.07. The van der Waals surface area contributed by atoms with Gasteiger partial charge in [0.2, 0.25) is 0 Å². The summed E-state index contributed by atoms with van der Waals surface area (Å²) in [5, 5.41) is 3.74. The average Bonchev–Trinajstić information content (AvgIpc) is 2.53. The van der Waals surface area contributed by atoms with Gasteiger partial charge in [0.05, 0.1) is 0 Å². The molecule has 1 aromatic carbocycles. The Hall–Kier alpha value is -0.860. The lowest BCUT2D eigenvalue weighted by atomic mass is 10.0. The second-order valence-corrected chi connectivity index (χ2v) is 4.89. The second-order valence-electron chi connectivity index (χ2n) is 3.98. The van der Waals surface area contributed by atoms with Crippen LogP contribution < -0.4 is 5.73 Å². The van der Waals surface area contributed by atoms with Gasteiger partial charge in [0.25, 0.3) is 0 Å². The van der Waals surface area contributed by atoms with Crippen LogP contribution in [0, 0.1) is 0 Å². The Morgan fingerprint density at radius 3 is 3.21 bits per heavy atom. The molecule has 14 heavy (non-hydrogen) atoms. The number of hydrogen-bond acceptors (Lipinski definition) is 2. The smallest absolute Gasteiger partial charge is 0.0348 e. The fourth-order valence-electron chi connectivity index (χ4n) is 2.34. The van der Waals surface area contributed by atoms with E-state index < -0.39 is 0 Å². The van der Waals surface area contributed by atoms with Crippen molar-refractivity contribution in [2.45, 2.75) is 25.3 Å². The Morgan fingerprint density at radius 1 is 1.36 bits per heavy atom. The first-order valence-electron chi connectivity index (χ1n) is 5.11. The first-order chi connectivity index (χ1) is 6.86. The van der Waals surface area contributed by atoms with Crippen molar-refractivity contribution in [1.29, 1.82) is 0 Å². The lowest BCUT2D eigenvalue weighted by Gasteiger charge is -2.09. The fraction of sp³-hybridized carbons (Fsp3) is 0.333. The Bertz CT molecular complexity index is 472. The van der Waals surface area contributed by atoms with Crippen LogP contribution >= 0.6 is 11.3 Å². The highest BCUT2D eigenvalue weighted by molar-refractivity contribution is 7.17. The molecule has 0 bridgehead atoms. The van der Waals surface area contributed by atoms with Gasteiger partial charge in [0, 0.05) is 16.1 Å². The number of thiophene rings is 1. The van der Waals surface area contributed by atoms with Crippen molar-refractivity contribution in [2.24, 2.45) is 5.73 Å². The van der Waals surface area contributed by atoms with E-state index in [1.165, 1.54) is 34.1 Å². The van der Waals surface area contributed by atoms with Crippen molar-refractivity contribution in [3.8, 4) is 0 Å². The first kappa shape index (κ1) is 8.45. The van der Waals surface area contributed by atoms with E-state index >= 15 is 0 Å². The van der Waals surface area contributed by atoms with Gasteiger partial charge < -0.3 is 5.73 Å². The summed E-state index contributed by atoms with van der Waals surface area (Å²) in [5.74, 6) is 0. The van der Waals surface area contributed by atoms with Crippen LogP contribution in [0.25, 0.3) is 10.1 Å². The SMILES string of the molecule is NC1CCCc2csc3cccc1c23. The predicted octanol–water partition coefficient (Wildman–Crippen LogP) is 3.24. The molecule has 0 saturated heterocycles. The van der Waals surface area contributed by atoms with Gasteiger partial charge in [0.1, 0.15) is 0 Å². The summed E-state index contributed by atoms with van der Waals surface area (Å²) in [6.07, 6.45) is 3.55. The Balaban J connectivity index is 2.38. The Morgan fingerprint density at radius 2 is 2.29 bits per heavy atom. The zero-order valence-electron chi connectivity index (χ0n) is 7.99. The van der Waals surface area contributed by atoms with Crippen molar-refractivity contribution in [3.05, 3.63) is 34.7 Å².